The molecule has 5 nitrogen and oxygen atoms in total. The lowest BCUT2D eigenvalue weighted by atomic mass is 9.76. The molecule has 1 aliphatic rings. The average Bonchev–Trinajstić information content (AvgIpc) is 2.72. The van der Waals surface area contributed by atoms with Crippen LogP contribution >= 0.6 is 24.0 Å². The number of halogens is 1. The van der Waals surface area contributed by atoms with E-state index in [1.807, 2.05) is 4.90 Å². The van der Waals surface area contributed by atoms with E-state index in [4.69, 9.17) is 0 Å². The number of carbonyl (C=O) groups excluding carboxylic acids is 1. The molecule has 0 aliphatic carbocycles. The molecule has 1 aliphatic heterocycles. The van der Waals surface area contributed by atoms with Gasteiger partial charge in [-0.25, -0.2) is 0 Å². The summed E-state index contributed by atoms with van der Waals surface area (Å²) in [6, 6.07) is 10.6. The number of likely N-dealkylation sites (tertiary alicyclic amines) is 1. The molecule has 0 atom stereocenters. The molecule has 27 heavy (non-hydrogen) atoms. The summed E-state index contributed by atoms with van der Waals surface area (Å²) >= 11 is 0. The Morgan fingerprint density at radius 1 is 1.07 bits per heavy atom. The fourth-order valence-corrected chi connectivity index (χ4v) is 3.69. The summed E-state index contributed by atoms with van der Waals surface area (Å²) < 4.78 is 0. The third-order valence-corrected chi connectivity index (χ3v) is 5.67. The Bertz CT molecular complexity index is 581. The molecule has 1 aromatic carbocycles. The van der Waals surface area contributed by atoms with E-state index in [2.05, 4.69) is 59.8 Å². The van der Waals surface area contributed by atoms with Crippen molar-refractivity contribution < 1.29 is 4.79 Å². The average molecular weight is 486 g/mol. The van der Waals surface area contributed by atoms with Crippen molar-refractivity contribution >= 4 is 35.8 Å². The lowest BCUT2D eigenvalue weighted by Crippen LogP contribution is -2.49. The molecule has 1 heterocycles. The van der Waals surface area contributed by atoms with Gasteiger partial charge in [-0.2, -0.15) is 0 Å². The van der Waals surface area contributed by atoms with E-state index in [0.717, 1.165) is 45.3 Å². The van der Waals surface area contributed by atoms with Crippen molar-refractivity contribution in [1.82, 2.24) is 15.5 Å². The zero-order valence-electron chi connectivity index (χ0n) is 17.0. The smallest absolute Gasteiger partial charge is 0.241 e. The first-order valence-electron chi connectivity index (χ1n) is 9.93. The number of nitrogens with one attached hydrogen (secondary N) is 2. The molecule has 1 amide bonds. The minimum Gasteiger partial charge on any atom is -0.356 e. The first-order chi connectivity index (χ1) is 12.6. The van der Waals surface area contributed by atoms with Crippen LogP contribution in [-0.2, 0) is 10.2 Å². The summed E-state index contributed by atoms with van der Waals surface area (Å²) in [6.45, 7) is 7.32. The zero-order chi connectivity index (χ0) is 18.8. The second-order valence-corrected chi connectivity index (χ2v) is 7.07. The summed E-state index contributed by atoms with van der Waals surface area (Å²) in [4.78, 5) is 18.6. The van der Waals surface area contributed by atoms with Crippen molar-refractivity contribution in [2.45, 2.75) is 51.4 Å². The maximum absolute atomic E-state index is 12.3. The van der Waals surface area contributed by atoms with Crippen LogP contribution in [0.15, 0.2) is 35.3 Å². The quantitative estimate of drug-likeness (QED) is 0.352. The minimum absolute atomic E-state index is 0. The molecule has 2 N–H and O–H groups in total. The van der Waals surface area contributed by atoms with Gasteiger partial charge in [0.25, 0.3) is 0 Å². The van der Waals surface area contributed by atoms with Crippen LogP contribution in [-0.4, -0.2) is 50.0 Å². The van der Waals surface area contributed by atoms with Gasteiger partial charge in [0, 0.05) is 32.1 Å². The number of hydrogen-bond donors (Lipinski definition) is 2. The lowest BCUT2D eigenvalue weighted by molar-refractivity contribution is -0.130. The Hall–Kier alpha value is -1.31. The summed E-state index contributed by atoms with van der Waals surface area (Å²) in [6.07, 6.45) is 5.56. The van der Waals surface area contributed by atoms with Crippen LogP contribution in [0.1, 0.15) is 51.5 Å². The van der Waals surface area contributed by atoms with Gasteiger partial charge in [-0.1, -0.05) is 44.2 Å². The van der Waals surface area contributed by atoms with Crippen LogP contribution in [0.3, 0.4) is 0 Å². The number of guanidine groups is 1. The highest BCUT2D eigenvalue weighted by Crippen LogP contribution is 2.30. The molecule has 152 valence electrons. The summed E-state index contributed by atoms with van der Waals surface area (Å²) in [5.41, 5.74) is 1.41. The van der Waals surface area contributed by atoms with E-state index in [0.29, 0.717) is 12.5 Å². The first-order valence-corrected chi connectivity index (χ1v) is 9.93. The predicted molar refractivity (Wildman–Crippen MR) is 124 cm³/mol. The molecule has 0 saturated carbocycles. The van der Waals surface area contributed by atoms with Crippen molar-refractivity contribution in [3.63, 3.8) is 0 Å². The summed E-state index contributed by atoms with van der Waals surface area (Å²) in [7, 11) is 1.75. The van der Waals surface area contributed by atoms with E-state index in [-0.39, 0.29) is 35.3 Å². The van der Waals surface area contributed by atoms with E-state index in [1.165, 1.54) is 12.0 Å². The topological polar surface area (TPSA) is 56.7 Å². The van der Waals surface area contributed by atoms with Gasteiger partial charge in [0.1, 0.15) is 0 Å². The molecule has 0 bridgehead atoms. The molecular weight excluding hydrogens is 451 g/mol. The molecular formula is C21H35IN4O. The Balaban J connectivity index is 0.00000364. The summed E-state index contributed by atoms with van der Waals surface area (Å²) in [5.74, 6) is 0.852. The van der Waals surface area contributed by atoms with E-state index in [9.17, 15) is 4.79 Å². The van der Waals surface area contributed by atoms with Crippen molar-refractivity contribution in [3.8, 4) is 0 Å². The zero-order valence-corrected chi connectivity index (χ0v) is 19.3. The fourth-order valence-electron chi connectivity index (χ4n) is 3.69. The molecule has 1 saturated heterocycles. The van der Waals surface area contributed by atoms with Gasteiger partial charge in [0.2, 0.25) is 5.91 Å². The molecule has 0 aromatic heterocycles. The number of hydrogen-bond acceptors (Lipinski definition) is 2. The first kappa shape index (κ1) is 23.7. The standard InChI is InChI=1S/C21H34N4O.HI/c1-4-21(5-2,18-12-8-6-9-13-18)17-24-20(22-3)23-16-19(26)25-14-10-7-11-15-25;/h6,8-9,12-13H,4-5,7,10-11,14-17H2,1-3H3,(H2,22,23,24);1H. The molecule has 0 unspecified atom stereocenters. The molecule has 6 heteroatoms. The number of aliphatic imine (C=N–C) groups is 1. The van der Waals surface area contributed by atoms with Gasteiger partial charge >= 0.3 is 0 Å². The van der Waals surface area contributed by atoms with Crippen LogP contribution in [0.5, 0.6) is 0 Å². The Labute approximate surface area is 181 Å². The second kappa shape index (κ2) is 12.2. The van der Waals surface area contributed by atoms with Crippen LogP contribution in [0.4, 0.5) is 0 Å². The molecule has 0 spiro atoms. The third-order valence-electron chi connectivity index (χ3n) is 5.67. The lowest BCUT2D eigenvalue weighted by Gasteiger charge is -2.33. The van der Waals surface area contributed by atoms with E-state index in [1.54, 1.807) is 7.05 Å². The highest BCUT2D eigenvalue weighted by Gasteiger charge is 2.28. The predicted octanol–water partition coefficient (Wildman–Crippen LogP) is 3.54. The van der Waals surface area contributed by atoms with Crippen LogP contribution in [0, 0.1) is 0 Å². The minimum atomic E-state index is 0. The van der Waals surface area contributed by atoms with Gasteiger partial charge in [-0.3, -0.25) is 9.79 Å². The largest absolute Gasteiger partial charge is 0.356 e. The second-order valence-electron chi connectivity index (χ2n) is 7.07. The van der Waals surface area contributed by atoms with Crippen LogP contribution in [0.25, 0.3) is 0 Å². The number of nitrogens with zero attached hydrogens (tertiary/aromatic N) is 2. The van der Waals surface area contributed by atoms with Crippen molar-refractivity contribution in [2.75, 3.05) is 33.2 Å². The number of carbonyl (C=O) groups is 1. The highest BCUT2D eigenvalue weighted by molar-refractivity contribution is 14.0. The normalized spacial score (nSPS) is 15.1. The number of benzene rings is 1. The SMILES string of the molecule is CCC(CC)(CNC(=NC)NCC(=O)N1CCCCC1)c1ccccc1.I. The summed E-state index contributed by atoms with van der Waals surface area (Å²) in [5, 5.41) is 6.62. The number of amides is 1. The molecule has 2 rings (SSSR count). The number of rotatable bonds is 7. The Kier molecular flexibility index (Phi) is 10.7. The van der Waals surface area contributed by atoms with Crippen LogP contribution < -0.4 is 10.6 Å². The highest BCUT2D eigenvalue weighted by atomic mass is 127. The Morgan fingerprint density at radius 3 is 2.26 bits per heavy atom. The fraction of sp³-hybridized carbons (Fsp3) is 0.619. The van der Waals surface area contributed by atoms with Crippen molar-refractivity contribution in [2.24, 2.45) is 4.99 Å². The van der Waals surface area contributed by atoms with Gasteiger partial charge in [0.05, 0.1) is 6.54 Å². The number of piperidine rings is 1. The van der Waals surface area contributed by atoms with Gasteiger partial charge in [-0.15, -0.1) is 24.0 Å². The van der Waals surface area contributed by atoms with E-state index < -0.39 is 0 Å². The monoisotopic (exact) mass is 486 g/mol. The molecule has 1 fully saturated rings. The van der Waals surface area contributed by atoms with Gasteiger partial charge in [-0.05, 0) is 37.7 Å². The van der Waals surface area contributed by atoms with E-state index >= 15 is 0 Å². The van der Waals surface area contributed by atoms with Crippen molar-refractivity contribution in [1.29, 1.82) is 0 Å². The van der Waals surface area contributed by atoms with Crippen molar-refractivity contribution in [3.05, 3.63) is 35.9 Å². The molecule has 1 aromatic rings. The third kappa shape index (κ3) is 6.66. The maximum atomic E-state index is 12.3. The van der Waals surface area contributed by atoms with Gasteiger partial charge in [0.15, 0.2) is 5.96 Å². The van der Waals surface area contributed by atoms with Crippen LogP contribution in [0.2, 0.25) is 0 Å². The molecule has 0 radical (unpaired) electrons. The van der Waals surface area contributed by atoms with Gasteiger partial charge < -0.3 is 15.5 Å². The maximum Gasteiger partial charge on any atom is 0.241 e. The Morgan fingerprint density at radius 2 is 1.70 bits per heavy atom.